The molecule has 0 aliphatic rings. The fourth-order valence-electron chi connectivity index (χ4n) is 2.23. The Kier molecular flexibility index (Phi) is 6.03. The van der Waals surface area contributed by atoms with Crippen LogP contribution in [-0.4, -0.2) is 19.6 Å². The molecule has 0 fully saturated rings. The molecule has 4 heteroatoms. The number of methoxy groups -OCH3 is 1. The molecule has 0 saturated heterocycles. The molecule has 1 amide bonds. The number of benzene rings is 2. The summed E-state index contributed by atoms with van der Waals surface area (Å²) in [5.41, 5.74) is 3.04. The van der Waals surface area contributed by atoms with Crippen molar-refractivity contribution in [2.24, 2.45) is 0 Å². The van der Waals surface area contributed by atoms with Crippen LogP contribution >= 0.6 is 0 Å². The van der Waals surface area contributed by atoms with Gasteiger partial charge in [0.1, 0.15) is 5.75 Å². The number of carbonyl (C=O) groups excluding carboxylic acids is 1. The van der Waals surface area contributed by atoms with Gasteiger partial charge in [0.15, 0.2) is 0 Å². The van der Waals surface area contributed by atoms with E-state index < -0.39 is 0 Å². The maximum absolute atomic E-state index is 12.0. The van der Waals surface area contributed by atoms with Gasteiger partial charge in [-0.1, -0.05) is 32.0 Å². The van der Waals surface area contributed by atoms with Gasteiger partial charge in [-0.05, 0) is 35.7 Å². The molecule has 0 radical (unpaired) electrons. The van der Waals surface area contributed by atoms with E-state index in [2.05, 4.69) is 36.6 Å². The zero-order valence-electron chi connectivity index (χ0n) is 13.9. The number of amides is 1. The molecule has 0 spiro atoms. The van der Waals surface area contributed by atoms with Crippen molar-refractivity contribution in [3.05, 3.63) is 54.1 Å². The molecule has 0 bridgehead atoms. The van der Waals surface area contributed by atoms with E-state index in [1.165, 1.54) is 5.56 Å². The normalized spacial score (nSPS) is 10.4. The van der Waals surface area contributed by atoms with Crippen LogP contribution in [0.1, 0.15) is 31.7 Å². The Labute approximate surface area is 137 Å². The third kappa shape index (κ3) is 5.33. The van der Waals surface area contributed by atoms with Gasteiger partial charge in [0, 0.05) is 30.4 Å². The molecule has 4 nitrogen and oxygen atoms in total. The van der Waals surface area contributed by atoms with Crippen LogP contribution in [0, 0.1) is 0 Å². The van der Waals surface area contributed by atoms with E-state index >= 15 is 0 Å². The Morgan fingerprint density at radius 2 is 1.83 bits per heavy atom. The number of nitrogens with one attached hydrogen (secondary N) is 2. The largest absolute Gasteiger partial charge is 0.497 e. The van der Waals surface area contributed by atoms with Crippen molar-refractivity contribution in [2.75, 3.05) is 24.3 Å². The lowest BCUT2D eigenvalue weighted by atomic mass is 10.0. The number of hydrogen-bond donors (Lipinski definition) is 2. The number of carbonyl (C=O) groups is 1. The average molecular weight is 312 g/mol. The van der Waals surface area contributed by atoms with Crippen LogP contribution in [0.15, 0.2) is 48.5 Å². The third-order valence-electron chi connectivity index (χ3n) is 3.61. The number of rotatable bonds is 7. The van der Waals surface area contributed by atoms with Crippen LogP contribution in [0.5, 0.6) is 5.75 Å². The summed E-state index contributed by atoms with van der Waals surface area (Å²) in [6.45, 7) is 4.87. The van der Waals surface area contributed by atoms with Crippen LogP contribution < -0.4 is 15.4 Å². The Morgan fingerprint density at radius 1 is 1.09 bits per heavy atom. The smallest absolute Gasteiger partial charge is 0.226 e. The Bertz CT molecular complexity index is 636. The minimum absolute atomic E-state index is 0.00214. The molecule has 122 valence electrons. The fourth-order valence-corrected chi connectivity index (χ4v) is 2.23. The van der Waals surface area contributed by atoms with Crippen molar-refractivity contribution in [3.63, 3.8) is 0 Å². The lowest BCUT2D eigenvalue weighted by Gasteiger charge is -2.10. The second-order valence-electron chi connectivity index (χ2n) is 5.73. The standard InChI is InChI=1S/C19H24N2O2/c1-14(2)15-7-9-16(10-8-15)21-19(22)11-12-20-17-5-4-6-18(13-17)23-3/h4-10,13-14,20H,11-12H2,1-3H3,(H,21,22). The molecular weight excluding hydrogens is 288 g/mol. The van der Waals surface area contributed by atoms with E-state index in [0.29, 0.717) is 18.9 Å². The van der Waals surface area contributed by atoms with Crippen LogP contribution in [-0.2, 0) is 4.79 Å². The van der Waals surface area contributed by atoms with E-state index in [-0.39, 0.29) is 5.91 Å². The van der Waals surface area contributed by atoms with Crippen LogP contribution in [0.25, 0.3) is 0 Å². The highest BCUT2D eigenvalue weighted by Crippen LogP contribution is 2.18. The summed E-state index contributed by atoms with van der Waals surface area (Å²) in [6, 6.07) is 15.7. The molecule has 2 N–H and O–H groups in total. The van der Waals surface area contributed by atoms with Gasteiger partial charge in [0.25, 0.3) is 0 Å². The highest BCUT2D eigenvalue weighted by atomic mass is 16.5. The Balaban J connectivity index is 1.78. The van der Waals surface area contributed by atoms with Gasteiger partial charge in [0.05, 0.1) is 7.11 Å². The lowest BCUT2D eigenvalue weighted by Crippen LogP contribution is -2.16. The SMILES string of the molecule is COc1cccc(NCCC(=O)Nc2ccc(C(C)C)cc2)c1. The summed E-state index contributed by atoms with van der Waals surface area (Å²) < 4.78 is 5.17. The predicted molar refractivity (Wildman–Crippen MR) is 95.3 cm³/mol. The van der Waals surface area contributed by atoms with E-state index in [1.54, 1.807) is 7.11 Å². The molecule has 0 unspecified atom stereocenters. The van der Waals surface area contributed by atoms with E-state index in [4.69, 9.17) is 4.74 Å². The van der Waals surface area contributed by atoms with Crippen molar-refractivity contribution >= 4 is 17.3 Å². The maximum atomic E-state index is 12.0. The molecule has 0 aromatic heterocycles. The van der Waals surface area contributed by atoms with E-state index in [1.807, 2.05) is 36.4 Å². The number of hydrogen-bond acceptors (Lipinski definition) is 3. The first-order chi connectivity index (χ1) is 11.1. The monoisotopic (exact) mass is 312 g/mol. The second kappa shape index (κ2) is 8.22. The highest BCUT2D eigenvalue weighted by molar-refractivity contribution is 5.91. The molecule has 23 heavy (non-hydrogen) atoms. The van der Waals surface area contributed by atoms with Crippen molar-refractivity contribution in [1.29, 1.82) is 0 Å². The molecule has 0 aliphatic heterocycles. The zero-order chi connectivity index (χ0) is 16.7. The van der Waals surface area contributed by atoms with Crippen LogP contribution in [0.4, 0.5) is 11.4 Å². The van der Waals surface area contributed by atoms with Gasteiger partial charge >= 0.3 is 0 Å². The summed E-state index contributed by atoms with van der Waals surface area (Å²) in [5, 5.41) is 6.13. The molecular formula is C19H24N2O2. The van der Waals surface area contributed by atoms with Gasteiger partial charge in [-0.3, -0.25) is 4.79 Å². The molecule has 0 aliphatic carbocycles. The van der Waals surface area contributed by atoms with Crippen molar-refractivity contribution in [1.82, 2.24) is 0 Å². The minimum Gasteiger partial charge on any atom is -0.497 e. The summed E-state index contributed by atoms with van der Waals surface area (Å²) in [6.07, 6.45) is 0.406. The molecule has 2 rings (SSSR count). The first-order valence-electron chi connectivity index (χ1n) is 7.86. The second-order valence-corrected chi connectivity index (χ2v) is 5.73. The number of ether oxygens (including phenoxy) is 1. The first kappa shape index (κ1) is 16.9. The topological polar surface area (TPSA) is 50.4 Å². The van der Waals surface area contributed by atoms with Crippen LogP contribution in [0.2, 0.25) is 0 Å². The zero-order valence-corrected chi connectivity index (χ0v) is 13.9. The molecule has 2 aromatic rings. The number of anilines is 2. The maximum Gasteiger partial charge on any atom is 0.226 e. The van der Waals surface area contributed by atoms with E-state index in [9.17, 15) is 4.79 Å². The summed E-state index contributed by atoms with van der Waals surface area (Å²) >= 11 is 0. The summed E-state index contributed by atoms with van der Waals surface area (Å²) in [7, 11) is 1.64. The Hall–Kier alpha value is -2.49. The van der Waals surface area contributed by atoms with Gasteiger partial charge in [-0.25, -0.2) is 0 Å². The Morgan fingerprint density at radius 3 is 2.48 bits per heavy atom. The quantitative estimate of drug-likeness (QED) is 0.803. The third-order valence-corrected chi connectivity index (χ3v) is 3.61. The lowest BCUT2D eigenvalue weighted by molar-refractivity contribution is -0.115. The van der Waals surface area contributed by atoms with Gasteiger partial charge < -0.3 is 15.4 Å². The highest BCUT2D eigenvalue weighted by Gasteiger charge is 2.04. The first-order valence-corrected chi connectivity index (χ1v) is 7.86. The average Bonchev–Trinajstić information content (AvgIpc) is 2.55. The van der Waals surface area contributed by atoms with Gasteiger partial charge in [-0.2, -0.15) is 0 Å². The summed E-state index contributed by atoms with van der Waals surface area (Å²) in [4.78, 5) is 12.0. The fraction of sp³-hybridized carbons (Fsp3) is 0.316. The van der Waals surface area contributed by atoms with Crippen molar-refractivity contribution in [3.8, 4) is 5.75 Å². The molecule has 0 saturated carbocycles. The van der Waals surface area contributed by atoms with E-state index in [0.717, 1.165) is 17.1 Å². The van der Waals surface area contributed by atoms with Gasteiger partial charge in [-0.15, -0.1) is 0 Å². The molecule has 2 aromatic carbocycles. The molecule has 0 atom stereocenters. The van der Waals surface area contributed by atoms with Crippen LogP contribution in [0.3, 0.4) is 0 Å². The minimum atomic E-state index is -0.00214. The van der Waals surface area contributed by atoms with Crippen molar-refractivity contribution in [2.45, 2.75) is 26.2 Å². The summed E-state index contributed by atoms with van der Waals surface area (Å²) in [5.74, 6) is 1.29. The van der Waals surface area contributed by atoms with Gasteiger partial charge in [0.2, 0.25) is 5.91 Å². The molecule has 0 heterocycles. The predicted octanol–water partition coefficient (Wildman–Crippen LogP) is 4.26. The van der Waals surface area contributed by atoms with Crippen molar-refractivity contribution < 1.29 is 9.53 Å².